The monoisotopic (exact) mass is 182 g/mol. The Balaban J connectivity index is 2.07. The van der Waals surface area contributed by atoms with Gasteiger partial charge in [0.25, 0.3) is 0 Å². The number of rotatable bonds is 0. The average Bonchev–Trinajstić information content (AvgIpc) is 2.29. The van der Waals surface area contributed by atoms with Crippen LogP contribution in [0.25, 0.3) is 0 Å². The van der Waals surface area contributed by atoms with Crippen molar-refractivity contribution in [2.24, 2.45) is 17.6 Å². The normalized spacial score (nSPS) is 41.1. The second kappa shape index (κ2) is 2.96. The lowest BCUT2D eigenvalue weighted by Gasteiger charge is -2.43. The molecule has 1 heterocycles. The Hall–Kier alpha value is -0.0800. The Morgan fingerprint density at radius 2 is 1.54 bits per heavy atom. The number of nitrogens with zero attached hydrogens (tertiary/aromatic N) is 1. The van der Waals surface area contributed by atoms with Crippen LogP contribution >= 0.6 is 0 Å². The molecule has 0 amide bonds. The molecule has 1 aliphatic carbocycles. The molecule has 1 aliphatic heterocycles. The number of nitrogens with two attached hydrogens (primary N) is 1. The van der Waals surface area contributed by atoms with Crippen LogP contribution in [0, 0.1) is 11.8 Å². The van der Waals surface area contributed by atoms with Crippen molar-refractivity contribution < 1.29 is 0 Å². The molecule has 1 unspecified atom stereocenters. The highest BCUT2D eigenvalue weighted by Gasteiger charge is 2.42. The Labute approximate surface area is 81.5 Å². The largest absolute Gasteiger partial charge is 0.327 e. The van der Waals surface area contributed by atoms with Gasteiger partial charge in [-0.25, -0.2) is 0 Å². The van der Waals surface area contributed by atoms with Gasteiger partial charge in [0.2, 0.25) is 0 Å². The lowest BCUT2D eigenvalue weighted by atomic mass is 9.90. The van der Waals surface area contributed by atoms with Gasteiger partial charge in [-0.05, 0) is 45.4 Å². The Morgan fingerprint density at radius 3 is 1.92 bits per heavy atom. The van der Waals surface area contributed by atoms with Gasteiger partial charge in [0.05, 0.1) is 0 Å². The summed E-state index contributed by atoms with van der Waals surface area (Å²) in [6.45, 7) is 9.37. The number of fused-ring (bicyclic) bond motifs is 2. The van der Waals surface area contributed by atoms with Gasteiger partial charge in [-0.2, -0.15) is 0 Å². The van der Waals surface area contributed by atoms with Crippen LogP contribution in [-0.2, 0) is 0 Å². The summed E-state index contributed by atoms with van der Waals surface area (Å²) in [5.41, 5.74) is 6.50. The van der Waals surface area contributed by atoms with E-state index in [1.54, 1.807) is 0 Å². The fourth-order valence-corrected chi connectivity index (χ4v) is 2.81. The van der Waals surface area contributed by atoms with Crippen molar-refractivity contribution in [3.05, 3.63) is 0 Å². The van der Waals surface area contributed by atoms with Crippen molar-refractivity contribution in [3.63, 3.8) is 0 Å². The maximum Gasteiger partial charge on any atom is 0.0125 e. The quantitative estimate of drug-likeness (QED) is 0.614. The van der Waals surface area contributed by atoms with Crippen LogP contribution in [-0.4, -0.2) is 29.6 Å². The number of hydrogen-bond acceptors (Lipinski definition) is 2. The minimum absolute atomic E-state index is 0.334. The maximum absolute atomic E-state index is 6.16. The molecule has 2 N–H and O–H groups in total. The Morgan fingerprint density at radius 1 is 1.08 bits per heavy atom. The van der Waals surface area contributed by atoms with Crippen molar-refractivity contribution in [3.8, 4) is 0 Å². The third-order valence-electron chi connectivity index (χ3n) is 3.86. The Kier molecular flexibility index (Phi) is 2.16. The highest BCUT2D eigenvalue weighted by molar-refractivity contribution is 4.98. The van der Waals surface area contributed by atoms with Crippen LogP contribution in [0.5, 0.6) is 0 Å². The molecule has 0 aromatic carbocycles. The third-order valence-corrected chi connectivity index (χ3v) is 3.86. The molecule has 1 saturated heterocycles. The molecule has 1 saturated carbocycles. The van der Waals surface area contributed by atoms with E-state index in [-0.39, 0.29) is 0 Å². The Bertz CT molecular complexity index is 181. The van der Waals surface area contributed by atoms with E-state index in [2.05, 4.69) is 25.7 Å². The second-order valence-corrected chi connectivity index (χ2v) is 5.75. The van der Waals surface area contributed by atoms with Gasteiger partial charge < -0.3 is 5.73 Å². The van der Waals surface area contributed by atoms with E-state index in [9.17, 15) is 0 Å². The molecule has 0 aromatic rings. The molecule has 2 bridgehead atoms. The van der Waals surface area contributed by atoms with Gasteiger partial charge >= 0.3 is 0 Å². The van der Waals surface area contributed by atoms with Crippen molar-refractivity contribution in [1.29, 1.82) is 0 Å². The van der Waals surface area contributed by atoms with Crippen LogP contribution in [0.15, 0.2) is 0 Å². The van der Waals surface area contributed by atoms with Crippen LogP contribution in [0.2, 0.25) is 0 Å². The van der Waals surface area contributed by atoms with Crippen molar-refractivity contribution in [2.75, 3.05) is 13.1 Å². The number of likely N-dealkylation sites (tertiary alicyclic amines) is 1. The molecule has 2 rings (SSSR count). The van der Waals surface area contributed by atoms with E-state index in [1.165, 1.54) is 25.9 Å². The fourth-order valence-electron chi connectivity index (χ4n) is 2.81. The first-order valence-electron chi connectivity index (χ1n) is 5.49. The molecule has 0 aromatic heterocycles. The highest BCUT2D eigenvalue weighted by atomic mass is 15.2. The number of hydrogen-bond donors (Lipinski definition) is 1. The zero-order valence-corrected chi connectivity index (χ0v) is 9.09. The summed E-state index contributed by atoms with van der Waals surface area (Å²) in [5.74, 6) is 1.55. The minimum Gasteiger partial charge on any atom is -0.327 e. The van der Waals surface area contributed by atoms with Crippen molar-refractivity contribution >= 4 is 0 Å². The molecular weight excluding hydrogens is 160 g/mol. The molecule has 13 heavy (non-hydrogen) atoms. The summed E-state index contributed by atoms with van der Waals surface area (Å²) in [5, 5.41) is 0. The molecule has 3 atom stereocenters. The summed E-state index contributed by atoms with van der Waals surface area (Å²) in [4.78, 5) is 2.61. The minimum atomic E-state index is 0.334. The third kappa shape index (κ3) is 1.62. The summed E-state index contributed by atoms with van der Waals surface area (Å²) in [6.07, 6.45) is 2.72. The predicted molar refractivity (Wildman–Crippen MR) is 55.5 cm³/mol. The van der Waals surface area contributed by atoms with Crippen molar-refractivity contribution in [1.82, 2.24) is 4.90 Å². The van der Waals surface area contributed by atoms with Gasteiger partial charge in [-0.3, -0.25) is 4.90 Å². The zero-order chi connectivity index (χ0) is 9.64. The van der Waals surface area contributed by atoms with Crippen LogP contribution in [0.1, 0.15) is 33.6 Å². The van der Waals surface area contributed by atoms with Gasteiger partial charge in [-0.1, -0.05) is 0 Å². The molecule has 2 nitrogen and oxygen atoms in total. The van der Waals surface area contributed by atoms with Gasteiger partial charge in [-0.15, -0.1) is 0 Å². The van der Waals surface area contributed by atoms with E-state index in [4.69, 9.17) is 5.73 Å². The van der Waals surface area contributed by atoms with Crippen molar-refractivity contribution in [2.45, 2.75) is 45.2 Å². The van der Waals surface area contributed by atoms with E-state index >= 15 is 0 Å². The highest BCUT2D eigenvalue weighted by Crippen LogP contribution is 2.37. The fraction of sp³-hybridized carbons (Fsp3) is 1.00. The van der Waals surface area contributed by atoms with Gasteiger partial charge in [0, 0.05) is 24.7 Å². The zero-order valence-electron chi connectivity index (χ0n) is 9.09. The summed E-state index contributed by atoms with van der Waals surface area (Å²) >= 11 is 0. The lowest BCUT2D eigenvalue weighted by Crippen LogP contribution is -2.54. The molecule has 2 fully saturated rings. The molecule has 0 radical (unpaired) electrons. The van der Waals surface area contributed by atoms with Crippen LogP contribution < -0.4 is 5.73 Å². The molecular formula is C11H22N2. The standard InChI is InChI=1S/C11H22N2/c1-11(2,3)13-6-8-4-5-9(7-13)10(8)12/h8-10H,4-7,12H2,1-3H3/t8-,9+,10?. The maximum atomic E-state index is 6.16. The SMILES string of the molecule is CC(C)(C)N1C[C@H]2CC[C@@H](C1)C2N. The average molecular weight is 182 g/mol. The van der Waals surface area contributed by atoms with Gasteiger partial charge in [0.1, 0.15) is 0 Å². The second-order valence-electron chi connectivity index (χ2n) is 5.75. The van der Waals surface area contributed by atoms with E-state index in [1.807, 2.05) is 0 Å². The summed E-state index contributed by atoms with van der Waals surface area (Å²) in [7, 11) is 0. The smallest absolute Gasteiger partial charge is 0.0125 e. The van der Waals surface area contributed by atoms with E-state index < -0.39 is 0 Å². The summed E-state index contributed by atoms with van der Waals surface area (Å²) in [6, 6.07) is 0.499. The summed E-state index contributed by atoms with van der Waals surface area (Å²) < 4.78 is 0. The molecule has 2 heteroatoms. The van der Waals surface area contributed by atoms with Gasteiger partial charge in [0.15, 0.2) is 0 Å². The first-order valence-corrected chi connectivity index (χ1v) is 5.49. The van der Waals surface area contributed by atoms with E-state index in [0.29, 0.717) is 11.6 Å². The lowest BCUT2D eigenvalue weighted by molar-refractivity contribution is 0.0622. The molecule has 0 spiro atoms. The van der Waals surface area contributed by atoms with Crippen LogP contribution in [0.3, 0.4) is 0 Å². The molecule has 2 aliphatic rings. The first-order chi connectivity index (χ1) is 5.98. The first kappa shape index (κ1) is 9.47. The topological polar surface area (TPSA) is 29.3 Å². The predicted octanol–water partition coefficient (Wildman–Crippen LogP) is 1.45. The van der Waals surface area contributed by atoms with Crippen LogP contribution in [0.4, 0.5) is 0 Å². The number of piperidine rings is 1. The van der Waals surface area contributed by atoms with E-state index in [0.717, 1.165) is 11.8 Å². The molecule has 76 valence electrons.